The molecule has 9 heteroatoms. The number of nitrogens with zero attached hydrogens (tertiary/aromatic N) is 2. The van der Waals surface area contributed by atoms with Gasteiger partial charge < -0.3 is 25.6 Å². The van der Waals surface area contributed by atoms with Crippen LogP contribution in [0.1, 0.15) is 21.5 Å². The van der Waals surface area contributed by atoms with Crippen molar-refractivity contribution in [2.75, 3.05) is 47.9 Å². The second-order valence-electron chi connectivity index (χ2n) is 7.32. The fourth-order valence-electron chi connectivity index (χ4n) is 2.90. The number of hydrogen-bond acceptors (Lipinski definition) is 4. The zero-order valence-electron chi connectivity index (χ0n) is 19.1. The number of hydrogen-bond donors (Lipinski definition) is 3. The summed E-state index contributed by atoms with van der Waals surface area (Å²) < 4.78 is 5.18. The Labute approximate surface area is 213 Å². The van der Waals surface area contributed by atoms with Crippen molar-refractivity contribution < 1.29 is 9.53 Å². The summed E-state index contributed by atoms with van der Waals surface area (Å²) in [5.41, 5.74) is 2.69. The summed E-state index contributed by atoms with van der Waals surface area (Å²) in [5.74, 6) is 1.36. The van der Waals surface area contributed by atoms with Crippen LogP contribution in [0.2, 0.25) is 5.02 Å². The number of rotatable bonds is 10. The highest BCUT2D eigenvalue weighted by Crippen LogP contribution is 2.22. The summed E-state index contributed by atoms with van der Waals surface area (Å²) >= 11 is 6.30. The maximum Gasteiger partial charge on any atom is 0.251 e. The van der Waals surface area contributed by atoms with Gasteiger partial charge in [0.1, 0.15) is 5.75 Å². The monoisotopic (exact) mass is 573 g/mol. The first-order valence-corrected chi connectivity index (χ1v) is 10.6. The molecule has 2 aromatic carbocycles. The molecule has 0 aromatic heterocycles. The van der Waals surface area contributed by atoms with Gasteiger partial charge in [-0.05, 0) is 55.9 Å². The molecule has 0 bridgehead atoms. The number of amides is 1. The largest absolute Gasteiger partial charge is 0.497 e. The highest BCUT2D eigenvalue weighted by molar-refractivity contribution is 14.0. The summed E-state index contributed by atoms with van der Waals surface area (Å²) in [7, 11) is 7.30. The van der Waals surface area contributed by atoms with Crippen LogP contribution in [-0.4, -0.2) is 64.7 Å². The first kappa shape index (κ1) is 28.0. The minimum Gasteiger partial charge on any atom is -0.497 e. The second-order valence-corrected chi connectivity index (χ2v) is 7.73. The van der Waals surface area contributed by atoms with Gasteiger partial charge in [0.15, 0.2) is 5.96 Å². The lowest BCUT2D eigenvalue weighted by Crippen LogP contribution is -2.38. The van der Waals surface area contributed by atoms with Crippen LogP contribution in [0, 0.1) is 0 Å². The lowest BCUT2D eigenvalue weighted by molar-refractivity contribution is 0.0951. The minimum absolute atomic E-state index is 0. The van der Waals surface area contributed by atoms with Gasteiger partial charge in [0.2, 0.25) is 0 Å². The number of nitrogens with one attached hydrogen (secondary N) is 3. The van der Waals surface area contributed by atoms with E-state index in [2.05, 4.69) is 20.9 Å². The highest BCUT2D eigenvalue weighted by Gasteiger charge is 2.07. The Kier molecular flexibility index (Phi) is 13.0. The Morgan fingerprint density at radius 2 is 1.88 bits per heavy atom. The van der Waals surface area contributed by atoms with E-state index < -0.39 is 0 Å². The molecular formula is C23H33ClIN5O2. The van der Waals surface area contributed by atoms with Gasteiger partial charge in [0.05, 0.1) is 7.11 Å². The number of carbonyl (C=O) groups is 1. The van der Waals surface area contributed by atoms with Gasteiger partial charge in [-0.2, -0.15) is 0 Å². The third-order valence-corrected chi connectivity index (χ3v) is 5.02. The molecule has 0 unspecified atom stereocenters. The molecule has 0 aliphatic carbocycles. The van der Waals surface area contributed by atoms with E-state index in [9.17, 15) is 4.79 Å². The summed E-state index contributed by atoms with van der Waals surface area (Å²) in [6.07, 6.45) is 0.756. The fourth-order valence-corrected chi connectivity index (χ4v) is 3.16. The van der Waals surface area contributed by atoms with E-state index in [1.165, 1.54) is 0 Å². The molecule has 7 nitrogen and oxygen atoms in total. The maximum absolute atomic E-state index is 12.3. The van der Waals surface area contributed by atoms with Crippen LogP contribution in [0.5, 0.6) is 5.75 Å². The van der Waals surface area contributed by atoms with E-state index in [0.717, 1.165) is 29.8 Å². The average Bonchev–Trinajstić information content (AvgIpc) is 2.76. The molecule has 32 heavy (non-hydrogen) atoms. The maximum atomic E-state index is 12.3. The van der Waals surface area contributed by atoms with Gasteiger partial charge in [-0.25, -0.2) is 0 Å². The SMILES string of the molecule is CN=C(NCCc1ccc(OC)cc1Cl)NCc1cccc(C(=O)NCCN(C)C)c1.I. The first-order chi connectivity index (χ1) is 14.9. The van der Waals surface area contributed by atoms with Gasteiger partial charge in [0, 0.05) is 43.8 Å². The Morgan fingerprint density at radius 3 is 2.53 bits per heavy atom. The molecule has 176 valence electrons. The predicted octanol–water partition coefficient (Wildman–Crippen LogP) is 3.17. The fraction of sp³-hybridized carbons (Fsp3) is 0.391. The molecule has 0 aliphatic rings. The zero-order valence-corrected chi connectivity index (χ0v) is 22.2. The molecule has 0 aliphatic heterocycles. The Hall–Kier alpha value is -2.04. The molecular weight excluding hydrogens is 541 g/mol. The number of benzene rings is 2. The standard InChI is InChI=1S/C23H32ClN5O2.HI/c1-25-23(27-11-10-18-8-9-20(31-4)15-21(18)24)28-16-17-6-5-7-19(14-17)22(30)26-12-13-29(2)3;/h5-9,14-15H,10-13,16H2,1-4H3,(H,26,30)(H2,25,27,28);1H. The van der Waals surface area contributed by atoms with Gasteiger partial charge in [-0.15, -0.1) is 24.0 Å². The van der Waals surface area contributed by atoms with Crippen molar-refractivity contribution in [3.05, 3.63) is 64.2 Å². The van der Waals surface area contributed by atoms with Crippen LogP contribution in [-0.2, 0) is 13.0 Å². The van der Waals surface area contributed by atoms with Crippen molar-refractivity contribution in [1.29, 1.82) is 0 Å². The third kappa shape index (κ3) is 9.62. The predicted molar refractivity (Wildman–Crippen MR) is 143 cm³/mol. The van der Waals surface area contributed by atoms with E-state index in [1.54, 1.807) is 14.2 Å². The number of likely N-dealkylation sites (N-methyl/N-ethyl adjacent to an activating group) is 1. The average molecular weight is 574 g/mol. The Morgan fingerprint density at radius 1 is 1.09 bits per heavy atom. The minimum atomic E-state index is -0.0671. The Bertz CT molecular complexity index is 892. The highest BCUT2D eigenvalue weighted by atomic mass is 127. The molecule has 0 fully saturated rings. The van der Waals surface area contributed by atoms with Crippen molar-refractivity contribution in [2.24, 2.45) is 4.99 Å². The van der Waals surface area contributed by atoms with Crippen molar-refractivity contribution in [3.8, 4) is 5.75 Å². The van der Waals surface area contributed by atoms with Crippen LogP contribution in [0.3, 0.4) is 0 Å². The summed E-state index contributed by atoms with van der Waals surface area (Å²) in [4.78, 5) is 18.6. The zero-order chi connectivity index (χ0) is 22.6. The molecule has 0 saturated carbocycles. The summed E-state index contributed by atoms with van der Waals surface area (Å²) in [6.45, 7) is 2.65. The number of methoxy groups -OCH3 is 1. The number of ether oxygens (including phenoxy) is 1. The molecule has 0 atom stereocenters. The van der Waals surface area contributed by atoms with Crippen molar-refractivity contribution in [3.63, 3.8) is 0 Å². The van der Waals surface area contributed by atoms with Crippen LogP contribution in [0.4, 0.5) is 0 Å². The third-order valence-electron chi connectivity index (χ3n) is 4.66. The smallest absolute Gasteiger partial charge is 0.251 e. The normalized spacial score (nSPS) is 11.0. The van der Waals surface area contributed by atoms with Crippen molar-refractivity contribution in [1.82, 2.24) is 20.9 Å². The van der Waals surface area contributed by atoms with E-state index in [4.69, 9.17) is 16.3 Å². The summed E-state index contributed by atoms with van der Waals surface area (Å²) in [6, 6.07) is 13.3. The van der Waals surface area contributed by atoms with Gasteiger partial charge in [0.25, 0.3) is 5.91 Å². The van der Waals surface area contributed by atoms with E-state index >= 15 is 0 Å². The van der Waals surface area contributed by atoms with Gasteiger partial charge in [-0.1, -0.05) is 29.8 Å². The van der Waals surface area contributed by atoms with Crippen LogP contribution in [0.15, 0.2) is 47.5 Å². The van der Waals surface area contributed by atoms with Crippen molar-refractivity contribution in [2.45, 2.75) is 13.0 Å². The second kappa shape index (κ2) is 14.9. The molecule has 2 rings (SSSR count). The van der Waals surface area contributed by atoms with E-state index in [-0.39, 0.29) is 29.9 Å². The molecule has 0 heterocycles. The topological polar surface area (TPSA) is 78.0 Å². The molecule has 0 saturated heterocycles. The van der Waals surface area contributed by atoms with E-state index in [1.807, 2.05) is 61.5 Å². The van der Waals surface area contributed by atoms with Crippen LogP contribution < -0.4 is 20.7 Å². The van der Waals surface area contributed by atoms with Gasteiger partial charge in [-0.3, -0.25) is 9.79 Å². The molecule has 2 aromatic rings. The van der Waals surface area contributed by atoms with Crippen molar-refractivity contribution >= 4 is 47.4 Å². The lowest BCUT2D eigenvalue weighted by atomic mass is 10.1. The number of carbonyl (C=O) groups excluding carboxylic acids is 1. The van der Waals surface area contributed by atoms with Gasteiger partial charge >= 0.3 is 0 Å². The lowest BCUT2D eigenvalue weighted by Gasteiger charge is -2.13. The van der Waals surface area contributed by atoms with Crippen LogP contribution >= 0.6 is 35.6 Å². The summed E-state index contributed by atoms with van der Waals surface area (Å²) in [5, 5.41) is 10.2. The molecule has 3 N–H and O–H groups in total. The number of halogens is 2. The molecule has 1 amide bonds. The molecule has 0 radical (unpaired) electrons. The molecule has 0 spiro atoms. The Balaban J connectivity index is 0.00000512. The van der Waals surface area contributed by atoms with Crippen LogP contribution in [0.25, 0.3) is 0 Å². The quantitative estimate of drug-likeness (QED) is 0.231. The number of guanidine groups is 1. The first-order valence-electron chi connectivity index (χ1n) is 10.2. The van der Waals surface area contributed by atoms with E-state index in [0.29, 0.717) is 36.2 Å². The number of aliphatic imine (C=N–C) groups is 1.